The third-order valence-corrected chi connectivity index (χ3v) is 2.24. The SMILES string of the molecule is COc1ncnc(N)c1CNCC(C)CO. The zero-order chi connectivity index (χ0) is 12.0. The highest BCUT2D eigenvalue weighted by molar-refractivity contribution is 5.44. The molecule has 0 saturated heterocycles. The molecule has 1 atom stereocenters. The van der Waals surface area contributed by atoms with E-state index in [2.05, 4.69) is 15.3 Å². The average molecular weight is 226 g/mol. The third-order valence-electron chi connectivity index (χ3n) is 2.24. The maximum atomic E-state index is 8.87. The lowest BCUT2D eigenvalue weighted by atomic mass is 10.2. The van der Waals surface area contributed by atoms with Crippen LogP contribution in [0, 0.1) is 5.92 Å². The van der Waals surface area contributed by atoms with Gasteiger partial charge in [-0.2, -0.15) is 0 Å². The predicted octanol–water partition coefficient (Wildman–Crippen LogP) is -0.215. The minimum atomic E-state index is 0.158. The molecular weight excluding hydrogens is 208 g/mol. The third kappa shape index (κ3) is 3.32. The second kappa shape index (κ2) is 6.24. The molecule has 0 aromatic carbocycles. The molecule has 90 valence electrons. The molecule has 1 rings (SSSR count). The summed E-state index contributed by atoms with van der Waals surface area (Å²) >= 11 is 0. The van der Waals surface area contributed by atoms with E-state index in [9.17, 15) is 0 Å². The van der Waals surface area contributed by atoms with Crippen molar-refractivity contribution in [3.63, 3.8) is 0 Å². The molecule has 0 radical (unpaired) electrons. The van der Waals surface area contributed by atoms with Crippen LogP contribution in [0.25, 0.3) is 0 Å². The van der Waals surface area contributed by atoms with Gasteiger partial charge in [0, 0.05) is 19.7 Å². The van der Waals surface area contributed by atoms with Gasteiger partial charge in [-0.1, -0.05) is 6.92 Å². The van der Waals surface area contributed by atoms with Gasteiger partial charge in [-0.3, -0.25) is 0 Å². The number of nitrogens with two attached hydrogens (primary N) is 1. The van der Waals surface area contributed by atoms with Crippen LogP contribution in [-0.2, 0) is 6.54 Å². The standard InChI is InChI=1S/C10H18N4O2/c1-7(5-15)3-12-4-8-9(11)13-6-14-10(8)16-2/h6-7,12,15H,3-5H2,1-2H3,(H2,11,13,14). The second-order valence-electron chi connectivity index (χ2n) is 3.67. The van der Waals surface area contributed by atoms with E-state index in [0.717, 1.165) is 5.56 Å². The number of aliphatic hydroxyl groups is 1. The molecule has 1 heterocycles. The predicted molar refractivity (Wildman–Crippen MR) is 61.0 cm³/mol. The maximum Gasteiger partial charge on any atom is 0.222 e. The number of rotatable bonds is 6. The summed E-state index contributed by atoms with van der Waals surface area (Å²) in [6, 6.07) is 0. The van der Waals surface area contributed by atoms with Crippen LogP contribution in [0.4, 0.5) is 5.82 Å². The molecule has 0 amide bonds. The van der Waals surface area contributed by atoms with Gasteiger partial charge in [0.15, 0.2) is 0 Å². The Kier molecular flexibility index (Phi) is 4.94. The van der Waals surface area contributed by atoms with Gasteiger partial charge in [0.1, 0.15) is 12.1 Å². The topological polar surface area (TPSA) is 93.3 Å². The van der Waals surface area contributed by atoms with Crippen molar-refractivity contribution in [1.82, 2.24) is 15.3 Å². The summed E-state index contributed by atoms with van der Waals surface area (Å²) < 4.78 is 5.09. The molecular formula is C10H18N4O2. The van der Waals surface area contributed by atoms with Gasteiger partial charge < -0.3 is 20.9 Å². The van der Waals surface area contributed by atoms with Crippen molar-refractivity contribution >= 4 is 5.82 Å². The molecule has 0 bridgehead atoms. The fraction of sp³-hybridized carbons (Fsp3) is 0.600. The van der Waals surface area contributed by atoms with E-state index in [-0.39, 0.29) is 12.5 Å². The van der Waals surface area contributed by atoms with E-state index in [1.165, 1.54) is 6.33 Å². The Bertz CT molecular complexity index is 333. The van der Waals surface area contributed by atoms with Gasteiger partial charge in [0.2, 0.25) is 5.88 Å². The normalized spacial score (nSPS) is 12.4. The first kappa shape index (κ1) is 12.7. The Labute approximate surface area is 94.9 Å². The summed E-state index contributed by atoms with van der Waals surface area (Å²) in [5.74, 6) is 1.10. The summed E-state index contributed by atoms with van der Waals surface area (Å²) in [6.45, 7) is 3.34. The smallest absolute Gasteiger partial charge is 0.222 e. The second-order valence-corrected chi connectivity index (χ2v) is 3.67. The lowest BCUT2D eigenvalue weighted by Crippen LogP contribution is -2.23. The largest absolute Gasteiger partial charge is 0.481 e. The van der Waals surface area contributed by atoms with Crippen LogP contribution >= 0.6 is 0 Å². The first-order valence-electron chi connectivity index (χ1n) is 5.14. The highest BCUT2D eigenvalue weighted by Gasteiger charge is 2.09. The van der Waals surface area contributed by atoms with Crippen LogP contribution in [0.2, 0.25) is 0 Å². The molecule has 0 spiro atoms. The molecule has 0 aliphatic carbocycles. The Morgan fingerprint density at radius 2 is 2.31 bits per heavy atom. The lowest BCUT2D eigenvalue weighted by Gasteiger charge is -2.12. The number of nitrogen functional groups attached to an aromatic ring is 1. The van der Waals surface area contributed by atoms with Crippen LogP contribution in [0.15, 0.2) is 6.33 Å². The monoisotopic (exact) mass is 226 g/mol. The van der Waals surface area contributed by atoms with Crippen LogP contribution in [0.1, 0.15) is 12.5 Å². The van der Waals surface area contributed by atoms with Crippen LogP contribution in [0.5, 0.6) is 5.88 Å². The van der Waals surface area contributed by atoms with Gasteiger partial charge >= 0.3 is 0 Å². The van der Waals surface area contributed by atoms with Gasteiger partial charge in [-0.25, -0.2) is 9.97 Å². The van der Waals surface area contributed by atoms with Crippen molar-refractivity contribution in [2.24, 2.45) is 5.92 Å². The van der Waals surface area contributed by atoms with E-state index < -0.39 is 0 Å². The van der Waals surface area contributed by atoms with Gasteiger partial charge in [-0.15, -0.1) is 0 Å². The fourth-order valence-corrected chi connectivity index (χ4v) is 1.26. The number of anilines is 1. The van der Waals surface area contributed by atoms with Crippen molar-refractivity contribution in [3.8, 4) is 5.88 Å². The Morgan fingerprint density at radius 3 is 2.94 bits per heavy atom. The first-order chi connectivity index (χ1) is 7.69. The maximum absolute atomic E-state index is 8.87. The summed E-state index contributed by atoms with van der Waals surface area (Å²) in [5.41, 5.74) is 6.47. The zero-order valence-corrected chi connectivity index (χ0v) is 9.60. The van der Waals surface area contributed by atoms with Crippen LogP contribution in [0.3, 0.4) is 0 Å². The minimum absolute atomic E-state index is 0.158. The van der Waals surface area contributed by atoms with Crippen molar-refractivity contribution in [2.75, 3.05) is 26.0 Å². The highest BCUT2D eigenvalue weighted by Crippen LogP contribution is 2.18. The molecule has 1 aromatic rings. The minimum Gasteiger partial charge on any atom is -0.481 e. The summed E-state index contributed by atoms with van der Waals surface area (Å²) in [6.07, 6.45) is 1.37. The first-order valence-corrected chi connectivity index (χ1v) is 5.14. The molecule has 4 N–H and O–H groups in total. The number of hydrogen-bond donors (Lipinski definition) is 3. The fourth-order valence-electron chi connectivity index (χ4n) is 1.26. The van der Waals surface area contributed by atoms with Gasteiger partial charge in [0.05, 0.1) is 12.7 Å². The molecule has 1 aromatic heterocycles. The molecule has 0 fully saturated rings. The number of nitrogens with one attached hydrogen (secondary N) is 1. The van der Waals surface area contributed by atoms with Crippen molar-refractivity contribution < 1.29 is 9.84 Å². The van der Waals surface area contributed by atoms with Crippen LogP contribution < -0.4 is 15.8 Å². The number of aromatic nitrogens is 2. The summed E-state index contributed by atoms with van der Waals surface area (Å²) in [4.78, 5) is 7.88. The van der Waals surface area contributed by atoms with E-state index in [0.29, 0.717) is 24.8 Å². The van der Waals surface area contributed by atoms with Crippen molar-refractivity contribution in [2.45, 2.75) is 13.5 Å². The number of ether oxygens (including phenoxy) is 1. The Hall–Kier alpha value is -1.40. The summed E-state index contributed by atoms with van der Waals surface area (Å²) in [7, 11) is 1.54. The molecule has 1 unspecified atom stereocenters. The van der Waals surface area contributed by atoms with E-state index in [1.54, 1.807) is 7.11 Å². The lowest BCUT2D eigenvalue weighted by molar-refractivity contribution is 0.233. The summed E-state index contributed by atoms with van der Waals surface area (Å²) in [5, 5.41) is 12.0. The van der Waals surface area contributed by atoms with Crippen molar-refractivity contribution in [3.05, 3.63) is 11.9 Å². The average Bonchev–Trinajstić information content (AvgIpc) is 2.30. The van der Waals surface area contributed by atoms with E-state index >= 15 is 0 Å². The molecule has 6 nitrogen and oxygen atoms in total. The number of nitrogens with zero attached hydrogens (tertiary/aromatic N) is 2. The van der Waals surface area contributed by atoms with E-state index in [4.69, 9.17) is 15.6 Å². The molecule has 0 aliphatic rings. The molecule has 6 heteroatoms. The number of hydrogen-bond acceptors (Lipinski definition) is 6. The molecule has 0 saturated carbocycles. The Balaban J connectivity index is 2.59. The van der Waals surface area contributed by atoms with E-state index in [1.807, 2.05) is 6.92 Å². The number of aliphatic hydroxyl groups excluding tert-OH is 1. The molecule has 16 heavy (non-hydrogen) atoms. The number of methoxy groups -OCH3 is 1. The van der Waals surface area contributed by atoms with Crippen molar-refractivity contribution in [1.29, 1.82) is 0 Å². The van der Waals surface area contributed by atoms with Gasteiger partial charge in [-0.05, 0) is 5.92 Å². The quantitative estimate of drug-likeness (QED) is 0.621. The Morgan fingerprint density at radius 1 is 1.56 bits per heavy atom. The highest BCUT2D eigenvalue weighted by atomic mass is 16.5. The van der Waals surface area contributed by atoms with Crippen LogP contribution in [-0.4, -0.2) is 35.3 Å². The zero-order valence-electron chi connectivity index (χ0n) is 9.60. The molecule has 0 aliphatic heterocycles. The van der Waals surface area contributed by atoms with Gasteiger partial charge in [0.25, 0.3) is 0 Å².